The SMILES string of the molecule is CC(C)(C)[Si](C)(C)Cc1ccc2c(c1)oc1cc(Br)ccc12. The van der Waals surface area contributed by atoms with E-state index in [1.807, 2.05) is 6.07 Å². The van der Waals surface area contributed by atoms with Gasteiger partial charge in [0, 0.05) is 15.2 Å². The monoisotopic (exact) mass is 374 g/mol. The van der Waals surface area contributed by atoms with E-state index in [1.165, 1.54) is 22.4 Å². The first-order valence-electron chi connectivity index (χ1n) is 7.78. The lowest BCUT2D eigenvalue weighted by molar-refractivity contribution is 0.668. The highest BCUT2D eigenvalue weighted by atomic mass is 79.9. The lowest BCUT2D eigenvalue weighted by atomic mass is 10.1. The number of benzene rings is 2. The summed E-state index contributed by atoms with van der Waals surface area (Å²) in [6, 6.07) is 14.2. The van der Waals surface area contributed by atoms with Gasteiger partial charge in [0.2, 0.25) is 0 Å². The van der Waals surface area contributed by atoms with Crippen molar-refractivity contribution < 1.29 is 4.42 Å². The highest BCUT2D eigenvalue weighted by Gasteiger charge is 2.34. The fourth-order valence-electron chi connectivity index (χ4n) is 2.68. The molecule has 1 nitrogen and oxygen atoms in total. The summed E-state index contributed by atoms with van der Waals surface area (Å²) in [5.41, 5.74) is 3.36. The minimum absolute atomic E-state index is 0.403. The minimum Gasteiger partial charge on any atom is -0.456 e. The van der Waals surface area contributed by atoms with Crippen molar-refractivity contribution in [1.29, 1.82) is 0 Å². The van der Waals surface area contributed by atoms with E-state index in [0.717, 1.165) is 15.6 Å². The molecule has 1 heterocycles. The molecule has 3 heteroatoms. The molecule has 2 aromatic carbocycles. The van der Waals surface area contributed by atoms with Gasteiger partial charge in [-0.1, -0.05) is 61.9 Å². The molecule has 0 unspecified atom stereocenters. The van der Waals surface area contributed by atoms with Crippen LogP contribution in [0, 0.1) is 0 Å². The van der Waals surface area contributed by atoms with Crippen LogP contribution in [0.5, 0.6) is 0 Å². The molecular formula is C19H23BrOSi. The first-order chi connectivity index (χ1) is 10.2. The third-order valence-corrected chi connectivity index (χ3v) is 11.0. The topological polar surface area (TPSA) is 13.1 Å². The fourth-order valence-corrected chi connectivity index (χ4v) is 4.79. The Bertz CT molecular complexity index is 840. The molecule has 0 aliphatic heterocycles. The van der Waals surface area contributed by atoms with Crippen LogP contribution >= 0.6 is 15.9 Å². The molecule has 0 aliphatic rings. The van der Waals surface area contributed by atoms with Gasteiger partial charge in [0.15, 0.2) is 0 Å². The lowest BCUT2D eigenvalue weighted by Gasteiger charge is -2.37. The maximum absolute atomic E-state index is 6.06. The third kappa shape index (κ3) is 2.77. The number of fused-ring (bicyclic) bond motifs is 3. The van der Waals surface area contributed by atoms with Crippen LogP contribution in [0.2, 0.25) is 18.1 Å². The highest BCUT2D eigenvalue weighted by molar-refractivity contribution is 9.10. The van der Waals surface area contributed by atoms with E-state index in [2.05, 4.69) is 80.1 Å². The average molecular weight is 375 g/mol. The molecule has 0 saturated heterocycles. The molecule has 1 aromatic heterocycles. The second kappa shape index (κ2) is 5.24. The van der Waals surface area contributed by atoms with Gasteiger partial charge in [0.1, 0.15) is 11.2 Å². The normalized spacial score (nSPS) is 13.2. The zero-order chi connectivity index (χ0) is 16.1. The van der Waals surface area contributed by atoms with Crippen LogP contribution in [0.3, 0.4) is 0 Å². The van der Waals surface area contributed by atoms with Crippen LogP contribution in [-0.2, 0) is 6.04 Å². The quantitative estimate of drug-likeness (QED) is 0.442. The molecule has 0 aliphatic carbocycles. The Kier molecular flexibility index (Phi) is 3.77. The van der Waals surface area contributed by atoms with Crippen molar-refractivity contribution in [1.82, 2.24) is 0 Å². The predicted molar refractivity (Wildman–Crippen MR) is 102 cm³/mol. The summed E-state index contributed by atoms with van der Waals surface area (Å²) < 4.78 is 7.12. The summed E-state index contributed by atoms with van der Waals surface area (Å²) in [7, 11) is -1.33. The summed E-state index contributed by atoms with van der Waals surface area (Å²) in [5, 5.41) is 2.80. The van der Waals surface area contributed by atoms with Crippen molar-refractivity contribution in [2.24, 2.45) is 0 Å². The van der Waals surface area contributed by atoms with Crippen molar-refractivity contribution in [2.75, 3.05) is 0 Å². The maximum Gasteiger partial charge on any atom is 0.136 e. The van der Waals surface area contributed by atoms with Crippen molar-refractivity contribution in [3.8, 4) is 0 Å². The third-order valence-electron chi connectivity index (χ3n) is 5.18. The van der Waals surface area contributed by atoms with E-state index in [1.54, 1.807) is 0 Å². The maximum atomic E-state index is 6.06. The van der Waals surface area contributed by atoms with E-state index >= 15 is 0 Å². The first-order valence-corrected chi connectivity index (χ1v) is 11.8. The summed E-state index contributed by atoms with van der Waals surface area (Å²) in [6.45, 7) is 12.1. The molecule has 0 fully saturated rings. The number of furan rings is 1. The van der Waals surface area contributed by atoms with Crippen LogP contribution in [-0.4, -0.2) is 8.07 Å². The van der Waals surface area contributed by atoms with Crippen molar-refractivity contribution in [3.63, 3.8) is 0 Å². The van der Waals surface area contributed by atoms with Gasteiger partial charge in [0.05, 0.1) is 8.07 Å². The number of halogens is 1. The van der Waals surface area contributed by atoms with E-state index in [9.17, 15) is 0 Å². The van der Waals surface area contributed by atoms with Crippen LogP contribution in [0.1, 0.15) is 26.3 Å². The molecule has 22 heavy (non-hydrogen) atoms. The summed E-state index contributed by atoms with van der Waals surface area (Å²) in [5.74, 6) is 0. The van der Waals surface area contributed by atoms with Crippen molar-refractivity contribution in [2.45, 2.75) is 44.9 Å². The Morgan fingerprint density at radius 3 is 2.18 bits per heavy atom. The molecule has 0 atom stereocenters. The molecule has 0 bridgehead atoms. The molecule has 0 radical (unpaired) electrons. The largest absolute Gasteiger partial charge is 0.456 e. The second-order valence-electron chi connectivity index (χ2n) is 7.88. The standard InChI is InChI=1S/C19H23BrOSi/c1-19(2,3)22(4,5)12-13-6-8-15-16-9-7-14(20)11-18(16)21-17(15)10-13/h6-11H,12H2,1-5H3. The average Bonchev–Trinajstić information content (AvgIpc) is 2.73. The molecule has 3 aromatic rings. The number of rotatable bonds is 2. The van der Waals surface area contributed by atoms with Gasteiger partial charge < -0.3 is 4.42 Å². The summed E-state index contributed by atoms with van der Waals surface area (Å²) >= 11 is 3.51. The lowest BCUT2D eigenvalue weighted by Crippen LogP contribution is -2.39. The van der Waals surface area contributed by atoms with Crippen molar-refractivity contribution >= 4 is 45.9 Å². The molecule has 116 valence electrons. The van der Waals surface area contributed by atoms with Crippen LogP contribution in [0.15, 0.2) is 45.3 Å². The molecule has 3 rings (SSSR count). The van der Waals surface area contributed by atoms with E-state index in [-0.39, 0.29) is 0 Å². The minimum atomic E-state index is -1.33. The Morgan fingerprint density at radius 1 is 0.955 bits per heavy atom. The predicted octanol–water partition coefficient (Wildman–Crippen LogP) is 6.94. The molecule has 0 spiro atoms. The summed E-state index contributed by atoms with van der Waals surface area (Å²) in [6.07, 6.45) is 0. The van der Waals surface area contributed by atoms with Crippen LogP contribution in [0.4, 0.5) is 0 Å². The Hall–Kier alpha value is -1.06. The van der Waals surface area contributed by atoms with Gasteiger partial charge in [-0.25, -0.2) is 0 Å². The van der Waals surface area contributed by atoms with E-state index in [4.69, 9.17) is 4.42 Å². The van der Waals surface area contributed by atoms with Gasteiger partial charge in [-0.2, -0.15) is 0 Å². The zero-order valence-corrected chi connectivity index (χ0v) is 16.5. The molecule has 0 amide bonds. The van der Waals surface area contributed by atoms with Gasteiger partial charge in [-0.15, -0.1) is 0 Å². The Morgan fingerprint density at radius 2 is 1.55 bits per heavy atom. The Balaban J connectivity index is 2.05. The number of hydrogen-bond donors (Lipinski definition) is 0. The zero-order valence-electron chi connectivity index (χ0n) is 14.0. The fraction of sp³-hybridized carbons (Fsp3) is 0.368. The number of hydrogen-bond acceptors (Lipinski definition) is 1. The Labute approximate surface area is 141 Å². The second-order valence-corrected chi connectivity index (χ2v) is 14.4. The van der Waals surface area contributed by atoms with E-state index in [0.29, 0.717) is 5.04 Å². The smallest absolute Gasteiger partial charge is 0.136 e. The van der Waals surface area contributed by atoms with Crippen molar-refractivity contribution in [3.05, 3.63) is 46.4 Å². The van der Waals surface area contributed by atoms with Gasteiger partial charge >= 0.3 is 0 Å². The van der Waals surface area contributed by atoms with Crippen LogP contribution < -0.4 is 0 Å². The molecule has 0 saturated carbocycles. The first kappa shape index (κ1) is 15.8. The van der Waals surface area contributed by atoms with Gasteiger partial charge in [-0.3, -0.25) is 0 Å². The highest BCUT2D eigenvalue weighted by Crippen LogP contribution is 2.39. The van der Waals surface area contributed by atoms with E-state index < -0.39 is 8.07 Å². The summed E-state index contributed by atoms with van der Waals surface area (Å²) in [4.78, 5) is 0. The molecule has 0 N–H and O–H groups in total. The molecular weight excluding hydrogens is 352 g/mol. The van der Waals surface area contributed by atoms with Crippen LogP contribution in [0.25, 0.3) is 21.9 Å². The van der Waals surface area contributed by atoms with Gasteiger partial charge in [0.25, 0.3) is 0 Å². The van der Waals surface area contributed by atoms with Gasteiger partial charge in [-0.05, 0) is 40.9 Å².